The van der Waals surface area contributed by atoms with Gasteiger partial charge in [0, 0.05) is 5.41 Å². The highest BCUT2D eigenvalue weighted by molar-refractivity contribution is 7.94. The van der Waals surface area contributed by atoms with Crippen molar-refractivity contribution < 1.29 is 8.42 Å². The second-order valence-corrected chi connectivity index (χ2v) is 6.41. The third-order valence-corrected chi connectivity index (χ3v) is 4.33. The fourth-order valence-corrected chi connectivity index (χ4v) is 2.75. The van der Waals surface area contributed by atoms with Crippen molar-refractivity contribution in [2.45, 2.75) is 50.8 Å². The lowest BCUT2D eigenvalue weighted by Crippen LogP contribution is -1.95. The van der Waals surface area contributed by atoms with Gasteiger partial charge in [-0.3, -0.25) is 0 Å². The second-order valence-electron chi connectivity index (χ2n) is 4.58. The first-order valence-electron chi connectivity index (χ1n) is 6.54. The van der Waals surface area contributed by atoms with E-state index in [0.29, 0.717) is 4.90 Å². The maximum absolute atomic E-state index is 11.9. The van der Waals surface area contributed by atoms with E-state index in [9.17, 15) is 8.42 Å². The summed E-state index contributed by atoms with van der Waals surface area (Å²) in [6.45, 7) is 4.11. The molecule has 0 aliphatic heterocycles. The molecule has 0 saturated carbocycles. The molecule has 1 rings (SSSR count). The average Bonchev–Trinajstić information content (AvgIpc) is 2.34. The van der Waals surface area contributed by atoms with Crippen molar-refractivity contribution >= 4 is 9.84 Å². The number of hydrogen-bond acceptors (Lipinski definition) is 2. The van der Waals surface area contributed by atoms with Crippen LogP contribution in [-0.2, 0) is 9.84 Å². The van der Waals surface area contributed by atoms with Crippen LogP contribution in [0.15, 0.2) is 40.6 Å². The van der Waals surface area contributed by atoms with Crippen LogP contribution in [0.1, 0.15) is 44.6 Å². The van der Waals surface area contributed by atoms with Gasteiger partial charge in [0.1, 0.15) is 0 Å². The van der Waals surface area contributed by atoms with Gasteiger partial charge >= 0.3 is 0 Å². The second kappa shape index (κ2) is 7.37. The summed E-state index contributed by atoms with van der Waals surface area (Å²) in [4.78, 5) is 0.373. The van der Waals surface area contributed by atoms with Crippen LogP contribution >= 0.6 is 0 Å². The summed E-state index contributed by atoms with van der Waals surface area (Å²) >= 11 is 0. The fraction of sp³-hybridized carbons (Fsp3) is 0.467. The number of allylic oxidation sites excluding steroid dienone is 1. The first-order valence-corrected chi connectivity index (χ1v) is 8.09. The van der Waals surface area contributed by atoms with Crippen molar-refractivity contribution in [1.29, 1.82) is 0 Å². The largest absolute Gasteiger partial charge is 0.219 e. The van der Waals surface area contributed by atoms with Crippen LogP contribution in [0.2, 0.25) is 0 Å². The molecule has 0 heterocycles. The Morgan fingerprint density at radius 3 is 2.33 bits per heavy atom. The van der Waals surface area contributed by atoms with E-state index < -0.39 is 9.84 Å². The zero-order valence-corrected chi connectivity index (χ0v) is 12.0. The van der Waals surface area contributed by atoms with Crippen molar-refractivity contribution in [1.82, 2.24) is 0 Å². The number of unbranched alkanes of at least 4 members (excludes halogenated alkanes) is 4. The Balaban J connectivity index is 2.54. The molecule has 2 nitrogen and oxygen atoms in total. The summed E-state index contributed by atoms with van der Waals surface area (Å²) in [5.74, 6) is 0. The van der Waals surface area contributed by atoms with E-state index in [1.54, 1.807) is 18.2 Å². The summed E-state index contributed by atoms with van der Waals surface area (Å²) in [5.41, 5.74) is 1.07. The lowest BCUT2D eigenvalue weighted by atomic mass is 10.2. The van der Waals surface area contributed by atoms with Crippen molar-refractivity contribution in [3.8, 4) is 0 Å². The predicted molar refractivity (Wildman–Crippen MR) is 76.3 cm³/mol. The molecule has 100 valence electrons. The normalized spacial score (nSPS) is 12.1. The Labute approximate surface area is 111 Å². The van der Waals surface area contributed by atoms with Crippen molar-refractivity contribution in [3.63, 3.8) is 0 Å². The van der Waals surface area contributed by atoms with Gasteiger partial charge in [0.25, 0.3) is 0 Å². The van der Waals surface area contributed by atoms with Crippen LogP contribution in [0.4, 0.5) is 0 Å². The van der Waals surface area contributed by atoms with Crippen molar-refractivity contribution in [2.24, 2.45) is 0 Å². The van der Waals surface area contributed by atoms with E-state index in [0.717, 1.165) is 18.4 Å². The van der Waals surface area contributed by atoms with E-state index in [1.807, 2.05) is 19.1 Å². The molecule has 0 saturated heterocycles. The third-order valence-electron chi connectivity index (χ3n) is 2.85. The summed E-state index contributed by atoms with van der Waals surface area (Å²) in [5, 5.41) is 1.34. The van der Waals surface area contributed by atoms with Gasteiger partial charge in [-0.1, -0.05) is 50.0 Å². The van der Waals surface area contributed by atoms with E-state index in [-0.39, 0.29) is 0 Å². The van der Waals surface area contributed by atoms with Crippen molar-refractivity contribution in [3.05, 3.63) is 41.3 Å². The number of benzene rings is 1. The molecule has 0 atom stereocenters. The summed E-state index contributed by atoms with van der Waals surface area (Å²) in [6, 6.07) is 6.96. The quantitative estimate of drug-likeness (QED) is 0.691. The van der Waals surface area contributed by atoms with Crippen molar-refractivity contribution in [2.75, 3.05) is 0 Å². The molecule has 18 heavy (non-hydrogen) atoms. The molecule has 0 spiro atoms. The maximum atomic E-state index is 11.9. The minimum Gasteiger partial charge on any atom is -0.219 e. The smallest absolute Gasteiger partial charge is 0.199 e. The molecule has 1 aromatic rings. The van der Waals surface area contributed by atoms with E-state index in [2.05, 4.69) is 6.92 Å². The molecule has 0 bridgehead atoms. The first-order chi connectivity index (χ1) is 8.56. The monoisotopic (exact) mass is 266 g/mol. The molecule has 0 aliphatic carbocycles. The molecule has 1 aromatic carbocycles. The highest BCUT2D eigenvalue weighted by Crippen LogP contribution is 2.14. The van der Waals surface area contributed by atoms with Crippen LogP contribution < -0.4 is 0 Å². The third kappa shape index (κ3) is 5.05. The Morgan fingerprint density at radius 2 is 1.72 bits per heavy atom. The summed E-state index contributed by atoms with van der Waals surface area (Å²) < 4.78 is 23.9. The lowest BCUT2D eigenvalue weighted by molar-refractivity contribution is 0.604. The zero-order valence-electron chi connectivity index (χ0n) is 11.2. The van der Waals surface area contributed by atoms with Crippen LogP contribution in [0.3, 0.4) is 0 Å². The van der Waals surface area contributed by atoms with E-state index in [1.165, 1.54) is 24.7 Å². The van der Waals surface area contributed by atoms with Gasteiger partial charge in [0.15, 0.2) is 9.84 Å². The molecule has 0 unspecified atom stereocenters. The molecular weight excluding hydrogens is 244 g/mol. The average molecular weight is 266 g/mol. The summed E-state index contributed by atoms with van der Waals surface area (Å²) in [7, 11) is -3.25. The minimum atomic E-state index is -3.25. The summed E-state index contributed by atoms with van der Waals surface area (Å²) in [6.07, 6.45) is 7.26. The molecule has 3 heteroatoms. The van der Waals surface area contributed by atoms with Gasteiger partial charge < -0.3 is 0 Å². The molecule has 0 aromatic heterocycles. The zero-order chi connectivity index (χ0) is 13.4. The molecule has 0 fully saturated rings. The Hall–Kier alpha value is -1.09. The van der Waals surface area contributed by atoms with Crippen LogP contribution in [0.25, 0.3) is 0 Å². The highest BCUT2D eigenvalue weighted by atomic mass is 32.2. The molecule has 0 radical (unpaired) electrons. The SMILES string of the molecule is CCCCCC/C=C\S(=O)(=O)c1ccc(C)cc1. The van der Waals surface area contributed by atoms with E-state index >= 15 is 0 Å². The van der Waals surface area contributed by atoms with Crippen LogP contribution in [0.5, 0.6) is 0 Å². The fourth-order valence-electron chi connectivity index (χ4n) is 1.69. The highest BCUT2D eigenvalue weighted by Gasteiger charge is 2.08. The molecule has 0 aliphatic rings. The van der Waals surface area contributed by atoms with Gasteiger partial charge in [-0.25, -0.2) is 8.42 Å². The van der Waals surface area contributed by atoms with Gasteiger partial charge in [-0.15, -0.1) is 0 Å². The molecular formula is C15H22O2S. The maximum Gasteiger partial charge on any atom is 0.199 e. The Kier molecular flexibility index (Phi) is 6.13. The van der Waals surface area contributed by atoms with Gasteiger partial charge in [-0.05, 0) is 31.9 Å². The number of sulfone groups is 1. The topological polar surface area (TPSA) is 34.1 Å². The number of rotatable bonds is 7. The van der Waals surface area contributed by atoms with Gasteiger partial charge in [0.2, 0.25) is 0 Å². The Bertz CT molecular complexity index is 470. The first kappa shape index (κ1) is 15.0. The van der Waals surface area contributed by atoms with E-state index in [4.69, 9.17) is 0 Å². The number of aryl methyl sites for hydroxylation is 1. The lowest BCUT2D eigenvalue weighted by Gasteiger charge is -1.99. The van der Waals surface area contributed by atoms with Crippen LogP contribution in [0, 0.1) is 6.92 Å². The predicted octanol–water partition coefficient (Wildman–Crippen LogP) is 4.25. The molecule has 0 amide bonds. The van der Waals surface area contributed by atoms with Gasteiger partial charge in [0.05, 0.1) is 4.90 Å². The number of hydrogen-bond donors (Lipinski definition) is 0. The minimum absolute atomic E-state index is 0.373. The van der Waals surface area contributed by atoms with Crippen LogP contribution in [-0.4, -0.2) is 8.42 Å². The van der Waals surface area contributed by atoms with Gasteiger partial charge in [-0.2, -0.15) is 0 Å². The Morgan fingerprint density at radius 1 is 1.06 bits per heavy atom. The standard InChI is InChI=1S/C15H22O2S/c1-3-4-5-6-7-8-13-18(16,17)15-11-9-14(2)10-12-15/h8-13H,3-7H2,1-2H3/b13-8-. The molecule has 0 N–H and O–H groups in total.